The van der Waals surface area contributed by atoms with Crippen molar-refractivity contribution in [2.24, 2.45) is 0 Å². The molecule has 1 unspecified atom stereocenters. The fourth-order valence-electron chi connectivity index (χ4n) is 2.08. The predicted octanol–water partition coefficient (Wildman–Crippen LogP) is 2.22. The van der Waals surface area contributed by atoms with Crippen LogP contribution in [0.2, 0.25) is 0 Å². The van der Waals surface area contributed by atoms with Crippen molar-refractivity contribution in [2.45, 2.75) is 25.4 Å². The molecule has 19 heavy (non-hydrogen) atoms. The molecule has 1 aromatic rings. The molecule has 1 N–H and O–H groups in total. The minimum absolute atomic E-state index is 0.457. The van der Waals surface area contributed by atoms with Crippen LogP contribution in [0.1, 0.15) is 30.9 Å². The van der Waals surface area contributed by atoms with Gasteiger partial charge in [-0.3, -0.25) is 0 Å². The van der Waals surface area contributed by atoms with Crippen molar-refractivity contribution >= 4 is 0 Å². The number of benzene rings is 1. The molecule has 1 aromatic carbocycles. The van der Waals surface area contributed by atoms with Crippen molar-refractivity contribution in [1.29, 1.82) is 0 Å². The van der Waals surface area contributed by atoms with Gasteiger partial charge in [0, 0.05) is 6.54 Å². The Kier molecular flexibility index (Phi) is 5.05. The standard InChI is InChI=1S/C15H23NO3/c1-16(2)8-7-13(17)12-5-6-14-15(11-12)19-10-4-3-9-18-14/h5-6,11,13,17H,3-4,7-10H2,1-2H3. The number of hydrogen-bond donors (Lipinski definition) is 1. The van der Waals surface area contributed by atoms with Crippen LogP contribution in [0.4, 0.5) is 0 Å². The summed E-state index contributed by atoms with van der Waals surface area (Å²) in [5, 5.41) is 10.2. The molecule has 1 aliphatic heterocycles. The zero-order valence-electron chi connectivity index (χ0n) is 11.8. The van der Waals surface area contributed by atoms with Crippen LogP contribution in [0.25, 0.3) is 0 Å². The molecular weight excluding hydrogens is 242 g/mol. The van der Waals surface area contributed by atoms with Crippen molar-refractivity contribution in [3.05, 3.63) is 23.8 Å². The van der Waals surface area contributed by atoms with Crippen LogP contribution in [-0.4, -0.2) is 43.9 Å². The van der Waals surface area contributed by atoms with E-state index in [0.29, 0.717) is 13.0 Å². The molecule has 1 atom stereocenters. The first-order valence-electron chi connectivity index (χ1n) is 6.89. The lowest BCUT2D eigenvalue weighted by Crippen LogP contribution is -2.16. The van der Waals surface area contributed by atoms with Gasteiger partial charge in [-0.1, -0.05) is 6.07 Å². The van der Waals surface area contributed by atoms with E-state index in [1.807, 2.05) is 32.3 Å². The van der Waals surface area contributed by atoms with Crippen molar-refractivity contribution < 1.29 is 14.6 Å². The highest BCUT2D eigenvalue weighted by molar-refractivity contribution is 5.43. The zero-order valence-corrected chi connectivity index (χ0v) is 11.8. The Balaban J connectivity index is 2.07. The Bertz CT molecular complexity index is 406. The van der Waals surface area contributed by atoms with E-state index in [1.165, 1.54) is 0 Å². The molecule has 4 nitrogen and oxygen atoms in total. The number of aliphatic hydroxyl groups is 1. The van der Waals surface area contributed by atoms with Crippen molar-refractivity contribution in [3.8, 4) is 11.5 Å². The van der Waals surface area contributed by atoms with Gasteiger partial charge < -0.3 is 19.5 Å². The maximum absolute atomic E-state index is 10.2. The third kappa shape index (κ3) is 4.11. The summed E-state index contributed by atoms with van der Waals surface area (Å²) in [6.07, 6.45) is 2.29. The van der Waals surface area contributed by atoms with Gasteiger partial charge in [-0.05, 0) is 51.1 Å². The summed E-state index contributed by atoms with van der Waals surface area (Å²) >= 11 is 0. The molecule has 0 fully saturated rings. The van der Waals surface area contributed by atoms with Crippen LogP contribution < -0.4 is 9.47 Å². The molecule has 4 heteroatoms. The number of fused-ring (bicyclic) bond motifs is 1. The molecule has 1 aliphatic rings. The Hall–Kier alpha value is -1.26. The molecule has 0 bridgehead atoms. The number of hydrogen-bond acceptors (Lipinski definition) is 4. The van der Waals surface area contributed by atoms with Crippen LogP contribution in [0.3, 0.4) is 0 Å². The average Bonchev–Trinajstić information content (AvgIpc) is 2.36. The number of rotatable bonds is 4. The second-order valence-electron chi connectivity index (χ2n) is 5.22. The molecule has 0 amide bonds. The quantitative estimate of drug-likeness (QED) is 0.906. The summed E-state index contributed by atoms with van der Waals surface area (Å²) in [7, 11) is 4.01. The lowest BCUT2D eigenvalue weighted by atomic mass is 10.1. The Labute approximate surface area is 114 Å². The van der Waals surface area contributed by atoms with Crippen LogP contribution >= 0.6 is 0 Å². The topological polar surface area (TPSA) is 41.9 Å². The number of nitrogens with zero attached hydrogens (tertiary/aromatic N) is 1. The van der Waals surface area contributed by atoms with E-state index < -0.39 is 6.10 Å². The minimum atomic E-state index is -0.457. The largest absolute Gasteiger partial charge is 0.490 e. The molecule has 0 saturated carbocycles. The Morgan fingerprint density at radius 1 is 1.16 bits per heavy atom. The van der Waals surface area contributed by atoms with E-state index >= 15 is 0 Å². The smallest absolute Gasteiger partial charge is 0.161 e. The monoisotopic (exact) mass is 265 g/mol. The molecule has 2 rings (SSSR count). The summed E-state index contributed by atoms with van der Waals surface area (Å²) < 4.78 is 11.3. The molecular formula is C15H23NO3. The van der Waals surface area contributed by atoms with Crippen LogP contribution in [0.5, 0.6) is 11.5 Å². The van der Waals surface area contributed by atoms with Crippen molar-refractivity contribution in [2.75, 3.05) is 33.9 Å². The molecule has 1 heterocycles. The van der Waals surface area contributed by atoms with E-state index in [9.17, 15) is 5.11 Å². The molecule has 0 spiro atoms. The second-order valence-corrected chi connectivity index (χ2v) is 5.22. The van der Waals surface area contributed by atoms with Gasteiger partial charge in [0.15, 0.2) is 11.5 Å². The second kappa shape index (κ2) is 6.78. The van der Waals surface area contributed by atoms with Crippen LogP contribution in [0, 0.1) is 0 Å². The van der Waals surface area contributed by atoms with Gasteiger partial charge in [-0.15, -0.1) is 0 Å². The summed E-state index contributed by atoms with van der Waals surface area (Å²) in [6.45, 7) is 2.31. The first-order chi connectivity index (χ1) is 9.16. The number of ether oxygens (including phenoxy) is 2. The first-order valence-corrected chi connectivity index (χ1v) is 6.89. The van der Waals surface area contributed by atoms with E-state index in [2.05, 4.69) is 4.90 Å². The van der Waals surface area contributed by atoms with Gasteiger partial charge in [0.1, 0.15) is 0 Å². The summed E-state index contributed by atoms with van der Waals surface area (Å²) in [5.41, 5.74) is 0.893. The maximum Gasteiger partial charge on any atom is 0.161 e. The van der Waals surface area contributed by atoms with Crippen LogP contribution in [0.15, 0.2) is 18.2 Å². The zero-order chi connectivity index (χ0) is 13.7. The Morgan fingerprint density at radius 2 is 1.84 bits per heavy atom. The first kappa shape index (κ1) is 14.2. The predicted molar refractivity (Wildman–Crippen MR) is 74.8 cm³/mol. The van der Waals surface area contributed by atoms with Gasteiger partial charge in [0.25, 0.3) is 0 Å². The van der Waals surface area contributed by atoms with E-state index in [1.54, 1.807) is 0 Å². The van der Waals surface area contributed by atoms with Crippen LogP contribution in [-0.2, 0) is 0 Å². The normalized spacial score (nSPS) is 16.8. The van der Waals surface area contributed by atoms with Gasteiger partial charge in [-0.25, -0.2) is 0 Å². The summed E-state index contributed by atoms with van der Waals surface area (Å²) in [4.78, 5) is 2.07. The molecule has 0 radical (unpaired) electrons. The third-order valence-electron chi connectivity index (χ3n) is 3.26. The lowest BCUT2D eigenvalue weighted by molar-refractivity contribution is 0.153. The summed E-state index contributed by atoms with van der Waals surface area (Å²) in [5.74, 6) is 1.53. The highest BCUT2D eigenvalue weighted by atomic mass is 16.5. The average molecular weight is 265 g/mol. The molecule has 0 aliphatic carbocycles. The van der Waals surface area contributed by atoms with E-state index in [4.69, 9.17) is 9.47 Å². The molecule has 106 valence electrons. The Morgan fingerprint density at radius 3 is 2.53 bits per heavy atom. The van der Waals surface area contributed by atoms with Gasteiger partial charge in [-0.2, -0.15) is 0 Å². The van der Waals surface area contributed by atoms with Crippen molar-refractivity contribution in [3.63, 3.8) is 0 Å². The fourth-order valence-corrected chi connectivity index (χ4v) is 2.08. The van der Waals surface area contributed by atoms with Crippen molar-refractivity contribution in [1.82, 2.24) is 4.90 Å². The fraction of sp³-hybridized carbons (Fsp3) is 0.600. The molecule has 0 saturated heterocycles. The lowest BCUT2D eigenvalue weighted by Gasteiger charge is -2.19. The van der Waals surface area contributed by atoms with E-state index in [-0.39, 0.29) is 0 Å². The van der Waals surface area contributed by atoms with Gasteiger partial charge >= 0.3 is 0 Å². The SMILES string of the molecule is CN(C)CCC(O)c1ccc2c(c1)OCCCCO2. The van der Waals surface area contributed by atoms with Gasteiger partial charge in [0.05, 0.1) is 19.3 Å². The minimum Gasteiger partial charge on any atom is -0.490 e. The highest BCUT2D eigenvalue weighted by Crippen LogP contribution is 2.32. The highest BCUT2D eigenvalue weighted by Gasteiger charge is 2.14. The van der Waals surface area contributed by atoms with Gasteiger partial charge in [0.2, 0.25) is 0 Å². The molecule has 0 aromatic heterocycles. The third-order valence-corrected chi connectivity index (χ3v) is 3.26. The number of aliphatic hydroxyl groups excluding tert-OH is 1. The maximum atomic E-state index is 10.2. The van der Waals surface area contributed by atoms with E-state index in [0.717, 1.165) is 43.1 Å². The summed E-state index contributed by atoms with van der Waals surface area (Å²) in [6, 6.07) is 5.72.